The smallest absolute Gasteiger partial charge is 0.0431 e. The second-order valence-electron chi connectivity index (χ2n) is 10.3. The lowest BCUT2D eigenvalue weighted by Crippen LogP contribution is -2.16. The van der Waals surface area contributed by atoms with Crippen molar-refractivity contribution in [2.45, 2.75) is 174 Å². The summed E-state index contributed by atoms with van der Waals surface area (Å²) in [6.07, 6.45) is 36.5. The quantitative estimate of drug-likeness (QED) is 0.110. The summed E-state index contributed by atoms with van der Waals surface area (Å²) in [5, 5.41) is 12.4. The molecule has 0 aromatic heterocycles. The molecule has 32 heavy (non-hydrogen) atoms. The molecule has 0 aliphatic carbocycles. The molecule has 0 saturated heterocycles. The van der Waals surface area contributed by atoms with Crippen molar-refractivity contribution in [1.82, 2.24) is 5.32 Å². The van der Waals surface area contributed by atoms with Crippen molar-refractivity contribution >= 4 is 0 Å². The first-order chi connectivity index (χ1) is 15.9. The molecule has 194 valence electrons. The van der Waals surface area contributed by atoms with Gasteiger partial charge in [0.1, 0.15) is 0 Å². The fraction of sp³-hybridized carbons (Fsp3) is 1.00. The number of unbranched alkanes of at least 4 members (excludes halogenated alkanes) is 24. The maximum Gasteiger partial charge on any atom is 0.0431 e. The summed E-state index contributed by atoms with van der Waals surface area (Å²) in [6, 6.07) is 0. The molecule has 2 N–H and O–H groups in total. The summed E-state index contributed by atoms with van der Waals surface area (Å²) in [7, 11) is 0. The summed E-state index contributed by atoms with van der Waals surface area (Å²) in [4.78, 5) is 0. The third-order valence-electron chi connectivity index (χ3n) is 6.97. The predicted octanol–water partition coefficient (Wildman–Crippen LogP) is 9.73. The van der Waals surface area contributed by atoms with Gasteiger partial charge >= 0.3 is 0 Å². The van der Waals surface area contributed by atoms with Crippen LogP contribution in [0.1, 0.15) is 174 Å². The third kappa shape index (κ3) is 29.9. The summed E-state index contributed by atoms with van der Waals surface area (Å²) in [5.74, 6) is 0. The molecule has 0 bridgehead atoms. The average molecular weight is 454 g/mol. The van der Waals surface area contributed by atoms with E-state index >= 15 is 0 Å². The number of nitrogens with one attached hydrogen (secondary N) is 1. The van der Waals surface area contributed by atoms with E-state index in [4.69, 9.17) is 5.11 Å². The molecule has 0 spiro atoms. The van der Waals surface area contributed by atoms with Crippen LogP contribution < -0.4 is 5.32 Å². The minimum atomic E-state index is 0.373. The molecule has 0 fully saturated rings. The highest BCUT2D eigenvalue weighted by Crippen LogP contribution is 2.14. The van der Waals surface area contributed by atoms with Crippen LogP contribution in [0, 0.1) is 0 Å². The first-order valence-electron chi connectivity index (χ1n) is 15.2. The van der Waals surface area contributed by atoms with Gasteiger partial charge in [-0.15, -0.1) is 0 Å². The Bertz CT molecular complexity index is 277. The van der Waals surface area contributed by atoms with Crippen LogP contribution in [0.15, 0.2) is 0 Å². The number of aliphatic hydroxyl groups excluding tert-OH is 1. The molecule has 0 aliphatic rings. The molecule has 0 aromatic rings. The topological polar surface area (TPSA) is 32.3 Å². The summed E-state index contributed by atoms with van der Waals surface area (Å²) in [6.45, 7) is 5.13. The van der Waals surface area contributed by atoms with Crippen molar-refractivity contribution in [3.8, 4) is 0 Å². The third-order valence-corrected chi connectivity index (χ3v) is 6.97. The van der Waals surface area contributed by atoms with Gasteiger partial charge in [-0.05, 0) is 32.4 Å². The van der Waals surface area contributed by atoms with E-state index in [0.29, 0.717) is 6.61 Å². The minimum Gasteiger partial charge on any atom is -0.396 e. The zero-order chi connectivity index (χ0) is 23.2. The van der Waals surface area contributed by atoms with Crippen LogP contribution in [0.25, 0.3) is 0 Å². The standard InChI is InChI=1S/C30H63NO/c1-2-3-4-5-22-25-28-31-29-26-23-20-18-16-14-12-10-8-6-7-9-11-13-15-17-19-21-24-27-30-32/h31-32H,2-30H2,1H3. The molecule has 0 atom stereocenters. The summed E-state index contributed by atoms with van der Waals surface area (Å²) >= 11 is 0. The molecule has 2 nitrogen and oxygen atoms in total. The zero-order valence-electron chi connectivity index (χ0n) is 22.5. The maximum atomic E-state index is 8.76. The van der Waals surface area contributed by atoms with Gasteiger partial charge in [-0.1, -0.05) is 155 Å². The molecule has 0 aromatic carbocycles. The SMILES string of the molecule is CCCCCCCCNCCCCCCCCCCCCCCCCCCCCCCO. The fourth-order valence-electron chi connectivity index (χ4n) is 4.70. The van der Waals surface area contributed by atoms with Gasteiger partial charge in [0.2, 0.25) is 0 Å². The molecular formula is C30H63NO. The number of rotatable bonds is 29. The molecule has 0 saturated carbocycles. The Labute approximate surface area is 204 Å². The van der Waals surface area contributed by atoms with E-state index in [9.17, 15) is 0 Å². The van der Waals surface area contributed by atoms with Gasteiger partial charge in [-0.3, -0.25) is 0 Å². The predicted molar refractivity (Wildman–Crippen MR) is 146 cm³/mol. The molecule has 0 amide bonds. The second-order valence-corrected chi connectivity index (χ2v) is 10.3. The molecule has 0 heterocycles. The van der Waals surface area contributed by atoms with Gasteiger partial charge in [0.25, 0.3) is 0 Å². The number of hydrogen-bond acceptors (Lipinski definition) is 2. The Morgan fingerprint density at radius 1 is 0.344 bits per heavy atom. The monoisotopic (exact) mass is 453 g/mol. The van der Waals surface area contributed by atoms with Crippen molar-refractivity contribution in [3.05, 3.63) is 0 Å². The maximum absolute atomic E-state index is 8.76. The van der Waals surface area contributed by atoms with Crippen molar-refractivity contribution in [3.63, 3.8) is 0 Å². The van der Waals surface area contributed by atoms with Gasteiger partial charge in [0.05, 0.1) is 0 Å². The normalized spacial score (nSPS) is 11.4. The van der Waals surface area contributed by atoms with E-state index < -0.39 is 0 Å². The molecule has 0 unspecified atom stereocenters. The zero-order valence-corrected chi connectivity index (χ0v) is 22.5. The van der Waals surface area contributed by atoms with Crippen LogP contribution in [-0.2, 0) is 0 Å². The molecule has 0 radical (unpaired) electrons. The van der Waals surface area contributed by atoms with Crippen LogP contribution in [-0.4, -0.2) is 24.8 Å². The van der Waals surface area contributed by atoms with Gasteiger partial charge < -0.3 is 10.4 Å². The largest absolute Gasteiger partial charge is 0.396 e. The van der Waals surface area contributed by atoms with Crippen LogP contribution >= 0.6 is 0 Å². The van der Waals surface area contributed by atoms with E-state index in [2.05, 4.69) is 12.2 Å². The van der Waals surface area contributed by atoms with E-state index in [1.165, 1.54) is 174 Å². The van der Waals surface area contributed by atoms with E-state index in [-0.39, 0.29) is 0 Å². The van der Waals surface area contributed by atoms with E-state index in [0.717, 1.165) is 6.42 Å². The van der Waals surface area contributed by atoms with Crippen molar-refractivity contribution in [1.29, 1.82) is 0 Å². The highest BCUT2D eigenvalue weighted by Gasteiger charge is 1.96. The number of hydrogen-bond donors (Lipinski definition) is 2. The Balaban J connectivity index is 2.98. The van der Waals surface area contributed by atoms with Gasteiger partial charge in [0, 0.05) is 6.61 Å². The van der Waals surface area contributed by atoms with Crippen molar-refractivity contribution < 1.29 is 5.11 Å². The summed E-state index contributed by atoms with van der Waals surface area (Å²) < 4.78 is 0. The average Bonchev–Trinajstić information content (AvgIpc) is 2.81. The van der Waals surface area contributed by atoms with E-state index in [1.807, 2.05) is 0 Å². The Morgan fingerprint density at radius 3 is 0.875 bits per heavy atom. The highest BCUT2D eigenvalue weighted by molar-refractivity contribution is 4.53. The van der Waals surface area contributed by atoms with Crippen molar-refractivity contribution in [2.75, 3.05) is 19.7 Å². The number of aliphatic hydroxyl groups is 1. The first-order valence-corrected chi connectivity index (χ1v) is 15.2. The van der Waals surface area contributed by atoms with Gasteiger partial charge in [0.15, 0.2) is 0 Å². The van der Waals surface area contributed by atoms with Gasteiger partial charge in [-0.25, -0.2) is 0 Å². The lowest BCUT2D eigenvalue weighted by Gasteiger charge is -2.05. The van der Waals surface area contributed by atoms with Crippen LogP contribution in [0.2, 0.25) is 0 Å². The Hall–Kier alpha value is -0.0800. The molecular weight excluding hydrogens is 390 g/mol. The molecule has 2 heteroatoms. The fourth-order valence-corrected chi connectivity index (χ4v) is 4.70. The van der Waals surface area contributed by atoms with Gasteiger partial charge in [-0.2, -0.15) is 0 Å². The lowest BCUT2D eigenvalue weighted by atomic mass is 10.0. The Morgan fingerprint density at radius 2 is 0.594 bits per heavy atom. The molecule has 0 rings (SSSR count). The van der Waals surface area contributed by atoms with Crippen LogP contribution in [0.4, 0.5) is 0 Å². The van der Waals surface area contributed by atoms with Crippen LogP contribution in [0.5, 0.6) is 0 Å². The summed E-state index contributed by atoms with van der Waals surface area (Å²) in [5.41, 5.74) is 0. The molecule has 0 aliphatic heterocycles. The lowest BCUT2D eigenvalue weighted by molar-refractivity contribution is 0.282. The highest BCUT2D eigenvalue weighted by atomic mass is 16.2. The second kappa shape index (κ2) is 30.9. The minimum absolute atomic E-state index is 0.373. The first kappa shape index (κ1) is 31.9. The Kier molecular flexibility index (Phi) is 30.8. The van der Waals surface area contributed by atoms with Crippen LogP contribution in [0.3, 0.4) is 0 Å². The van der Waals surface area contributed by atoms with E-state index in [1.54, 1.807) is 0 Å². The van der Waals surface area contributed by atoms with Crippen molar-refractivity contribution in [2.24, 2.45) is 0 Å².